The van der Waals surface area contributed by atoms with Crippen LogP contribution in [0.1, 0.15) is 18.1 Å². The van der Waals surface area contributed by atoms with Crippen LogP contribution in [0.5, 0.6) is 0 Å². The normalized spacial score (nSPS) is 10.6. The lowest BCUT2D eigenvalue weighted by Crippen LogP contribution is -2.04. The van der Waals surface area contributed by atoms with Crippen molar-refractivity contribution in [1.82, 2.24) is 0 Å². The summed E-state index contributed by atoms with van der Waals surface area (Å²) in [5.74, 6) is -0.395. The molecule has 1 N–H and O–H groups in total. The summed E-state index contributed by atoms with van der Waals surface area (Å²) in [4.78, 5) is 0. The number of ether oxygens (including phenoxy) is 1. The molecule has 0 aromatic heterocycles. The summed E-state index contributed by atoms with van der Waals surface area (Å²) >= 11 is 5.67. The Morgan fingerprint density at radius 2 is 2.00 bits per heavy atom. The fourth-order valence-electron chi connectivity index (χ4n) is 1.88. The van der Waals surface area contributed by atoms with Crippen LogP contribution in [0.4, 0.5) is 10.1 Å². The van der Waals surface area contributed by atoms with Crippen molar-refractivity contribution in [3.05, 3.63) is 64.4 Å². The van der Waals surface area contributed by atoms with E-state index in [4.69, 9.17) is 16.3 Å². The van der Waals surface area contributed by atoms with Crippen LogP contribution in [0, 0.1) is 5.82 Å². The average molecular weight is 294 g/mol. The molecule has 0 saturated heterocycles. The summed E-state index contributed by atoms with van der Waals surface area (Å²) < 4.78 is 18.8. The predicted octanol–water partition coefficient (Wildman–Crippen LogP) is 4.63. The summed E-state index contributed by atoms with van der Waals surface area (Å²) in [6.45, 7) is 3.75. The first kappa shape index (κ1) is 14.8. The SMILES string of the molecule is CCOCc1ccccc1NCc1ccc(Cl)c(F)c1. The Kier molecular flexibility index (Phi) is 5.39. The van der Waals surface area contributed by atoms with Gasteiger partial charge in [0, 0.05) is 24.4 Å². The van der Waals surface area contributed by atoms with Crippen molar-refractivity contribution in [1.29, 1.82) is 0 Å². The molecule has 0 radical (unpaired) electrons. The van der Waals surface area contributed by atoms with E-state index < -0.39 is 5.82 Å². The van der Waals surface area contributed by atoms with Gasteiger partial charge in [-0.2, -0.15) is 0 Å². The van der Waals surface area contributed by atoms with Crippen LogP contribution in [0.15, 0.2) is 42.5 Å². The molecule has 20 heavy (non-hydrogen) atoms. The number of benzene rings is 2. The number of para-hydroxylation sites is 1. The molecular weight excluding hydrogens is 277 g/mol. The van der Waals surface area contributed by atoms with Crippen molar-refractivity contribution in [3.8, 4) is 0 Å². The first-order valence-electron chi connectivity index (χ1n) is 6.54. The highest BCUT2D eigenvalue weighted by Crippen LogP contribution is 2.19. The van der Waals surface area contributed by atoms with Gasteiger partial charge in [-0.3, -0.25) is 0 Å². The van der Waals surface area contributed by atoms with Gasteiger partial charge in [0.05, 0.1) is 11.6 Å². The lowest BCUT2D eigenvalue weighted by atomic mass is 10.1. The minimum atomic E-state index is -0.395. The number of hydrogen-bond donors (Lipinski definition) is 1. The van der Waals surface area contributed by atoms with Crippen LogP contribution in [-0.4, -0.2) is 6.61 Å². The van der Waals surface area contributed by atoms with E-state index in [2.05, 4.69) is 5.32 Å². The third-order valence-electron chi connectivity index (χ3n) is 2.95. The maximum absolute atomic E-state index is 13.4. The van der Waals surface area contributed by atoms with Gasteiger partial charge in [-0.05, 0) is 30.7 Å². The number of halogens is 2. The zero-order chi connectivity index (χ0) is 14.4. The van der Waals surface area contributed by atoms with Crippen molar-refractivity contribution >= 4 is 17.3 Å². The molecule has 4 heteroatoms. The second-order valence-corrected chi connectivity index (χ2v) is 4.80. The molecule has 0 unspecified atom stereocenters. The maximum atomic E-state index is 13.4. The van der Waals surface area contributed by atoms with Crippen LogP contribution < -0.4 is 5.32 Å². The first-order valence-corrected chi connectivity index (χ1v) is 6.92. The first-order chi connectivity index (χ1) is 9.70. The molecule has 0 saturated carbocycles. The summed E-state index contributed by atoms with van der Waals surface area (Å²) in [6, 6.07) is 12.8. The Morgan fingerprint density at radius 1 is 1.20 bits per heavy atom. The molecule has 2 aromatic carbocycles. The Morgan fingerprint density at radius 3 is 2.75 bits per heavy atom. The van der Waals surface area contributed by atoms with Crippen molar-refractivity contribution in [3.63, 3.8) is 0 Å². The molecule has 0 spiro atoms. The minimum Gasteiger partial charge on any atom is -0.381 e. The van der Waals surface area contributed by atoms with Gasteiger partial charge < -0.3 is 10.1 Å². The van der Waals surface area contributed by atoms with Crippen LogP contribution >= 0.6 is 11.6 Å². The molecule has 106 valence electrons. The van der Waals surface area contributed by atoms with Gasteiger partial charge in [-0.1, -0.05) is 35.9 Å². The number of anilines is 1. The van der Waals surface area contributed by atoms with Crippen LogP contribution in [0.25, 0.3) is 0 Å². The molecular formula is C16H17ClFNO. The van der Waals surface area contributed by atoms with Gasteiger partial charge in [-0.25, -0.2) is 4.39 Å². The van der Waals surface area contributed by atoms with Crippen LogP contribution in [0.2, 0.25) is 5.02 Å². The quantitative estimate of drug-likeness (QED) is 0.838. The van der Waals surface area contributed by atoms with E-state index in [0.29, 0.717) is 19.8 Å². The van der Waals surface area contributed by atoms with E-state index >= 15 is 0 Å². The molecule has 0 aliphatic rings. The van der Waals surface area contributed by atoms with E-state index in [1.54, 1.807) is 6.07 Å². The van der Waals surface area contributed by atoms with E-state index in [1.807, 2.05) is 37.3 Å². The highest BCUT2D eigenvalue weighted by Gasteiger charge is 2.04. The molecule has 0 aliphatic carbocycles. The van der Waals surface area contributed by atoms with E-state index in [9.17, 15) is 4.39 Å². The van der Waals surface area contributed by atoms with Gasteiger partial charge in [0.2, 0.25) is 0 Å². The highest BCUT2D eigenvalue weighted by molar-refractivity contribution is 6.30. The molecule has 0 bridgehead atoms. The summed E-state index contributed by atoms with van der Waals surface area (Å²) in [6.07, 6.45) is 0. The second-order valence-electron chi connectivity index (χ2n) is 4.40. The van der Waals surface area contributed by atoms with E-state index in [0.717, 1.165) is 16.8 Å². The lowest BCUT2D eigenvalue weighted by molar-refractivity contribution is 0.134. The smallest absolute Gasteiger partial charge is 0.142 e. The van der Waals surface area contributed by atoms with Crippen molar-refractivity contribution in [2.24, 2.45) is 0 Å². The fraction of sp³-hybridized carbons (Fsp3) is 0.250. The van der Waals surface area contributed by atoms with Crippen molar-refractivity contribution < 1.29 is 9.13 Å². The molecule has 0 aliphatic heterocycles. The maximum Gasteiger partial charge on any atom is 0.142 e. The molecule has 0 amide bonds. The molecule has 2 nitrogen and oxygen atoms in total. The monoisotopic (exact) mass is 293 g/mol. The number of rotatable bonds is 6. The van der Waals surface area contributed by atoms with Crippen LogP contribution in [-0.2, 0) is 17.9 Å². The van der Waals surface area contributed by atoms with Crippen LogP contribution in [0.3, 0.4) is 0 Å². The average Bonchev–Trinajstić information content (AvgIpc) is 2.47. The standard InChI is InChI=1S/C16H17ClFNO/c1-2-20-11-13-5-3-4-6-16(13)19-10-12-7-8-14(17)15(18)9-12/h3-9,19H,2,10-11H2,1H3. The summed E-state index contributed by atoms with van der Waals surface area (Å²) in [5.41, 5.74) is 2.93. The van der Waals surface area contributed by atoms with Gasteiger partial charge in [0.15, 0.2) is 0 Å². The van der Waals surface area contributed by atoms with Crippen molar-refractivity contribution in [2.75, 3.05) is 11.9 Å². The van der Waals surface area contributed by atoms with Gasteiger partial charge in [-0.15, -0.1) is 0 Å². The fourth-order valence-corrected chi connectivity index (χ4v) is 2.00. The topological polar surface area (TPSA) is 21.3 Å². The Balaban J connectivity index is 2.04. The number of nitrogens with one attached hydrogen (secondary N) is 1. The van der Waals surface area contributed by atoms with Gasteiger partial charge in [0.1, 0.15) is 5.82 Å². The Hall–Kier alpha value is -1.58. The molecule has 2 aromatic rings. The molecule has 0 atom stereocenters. The van der Waals surface area contributed by atoms with Gasteiger partial charge >= 0.3 is 0 Å². The zero-order valence-electron chi connectivity index (χ0n) is 11.3. The largest absolute Gasteiger partial charge is 0.381 e. The predicted molar refractivity (Wildman–Crippen MR) is 80.5 cm³/mol. The third-order valence-corrected chi connectivity index (χ3v) is 3.25. The molecule has 0 fully saturated rings. The van der Waals surface area contributed by atoms with E-state index in [1.165, 1.54) is 6.07 Å². The Labute approximate surface area is 123 Å². The Bertz CT molecular complexity index is 574. The van der Waals surface area contributed by atoms with Crippen molar-refractivity contribution in [2.45, 2.75) is 20.1 Å². The third kappa shape index (κ3) is 3.95. The number of hydrogen-bond acceptors (Lipinski definition) is 2. The summed E-state index contributed by atoms with van der Waals surface area (Å²) in [5, 5.41) is 3.44. The second kappa shape index (κ2) is 7.27. The summed E-state index contributed by atoms with van der Waals surface area (Å²) in [7, 11) is 0. The van der Waals surface area contributed by atoms with Gasteiger partial charge in [0.25, 0.3) is 0 Å². The minimum absolute atomic E-state index is 0.144. The molecule has 0 heterocycles. The molecule has 2 rings (SSSR count). The van der Waals surface area contributed by atoms with E-state index in [-0.39, 0.29) is 5.02 Å². The lowest BCUT2D eigenvalue weighted by Gasteiger charge is -2.12. The highest BCUT2D eigenvalue weighted by atomic mass is 35.5. The zero-order valence-corrected chi connectivity index (χ0v) is 12.1.